The van der Waals surface area contributed by atoms with Crippen molar-refractivity contribution in [3.8, 4) is 72.4 Å². The third-order valence-electron chi connectivity index (χ3n) is 16.5. The molecule has 0 aliphatic carbocycles. The molecule has 3 heteroatoms. The number of para-hydroxylation sites is 1. The van der Waals surface area contributed by atoms with Crippen LogP contribution in [0.3, 0.4) is 0 Å². The van der Waals surface area contributed by atoms with Crippen molar-refractivity contribution < 1.29 is 4.42 Å². The van der Waals surface area contributed by atoms with Crippen molar-refractivity contribution in [2.75, 3.05) is 0 Å². The van der Waals surface area contributed by atoms with Gasteiger partial charge in [-0.15, -0.1) is 0 Å². The average molecular weight is 1050 g/mol. The average Bonchev–Trinajstić information content (AvgIpc) is 4.17. The summed E-state index contributed by atoms with van der Waals surface area (Å²) in [5.74, 6) is 0. The summed E-state index contributed by atoms with van der Waals surface area (Å²) < 4.78 is 8.92. The van der Waals surface area contributed by atoms with E-state index in [1.807, 2.05) is 0 Å². The molecule has 2 aromatic heterocycles. The van der Waals surface area contributed by atoms with Crippen LogP contribution in [0.2, 0.25) is 0 Å². The maximum atomic E-state index is 6.51. The molecule has 0 fully saturated rings. The van der Waals surface area contributed by atoms with E-state index in [1.54, 1.807) is 0 Å². The van der Waals surface area contributed by atoms with Gasteiger partial charge in [-0.1, -0.05) is 249 Å². The lowest BCUT2D eigenvalue weighted by Crippen LogP contribution is -2.74. The van der Waals surface area contributed by atoms with Gasteiger partial charge in [-0.25, -0.2) is 0 Å². The summed E-state index contributed by atoms with van der Waals surface area (Å²) in [6.07, 6.45) is 0. The Balaban J connectivity index is 0.740. The van der Waals surface area contributed by atoms with Crippen LogP contribution in [0.15, 0.2) is 326 Å². The largest absolute Gasteiger partial charge is 0.456 e. The molecule has 0 N–H and O–H groups in total. The second-order valence-electron chi connectivity index (χ2n) is 21.2. The first kappa shape index (κ1) is 47.9. The molecular weight excluding hydrogens is 995 g/mol. The molecule has 0 amide bonds. The van der Waals surface area contributed by atoms with Crippen LogP contribution in [-0.4, -0.2) is 12.6 Å². The summed E-state index contributed by atoms with van der Waals surface area (Å²) in [7, 11) is -2.69. The van der Waals surface area contributed by atoms with Crippen molar-refractivity contribution in [1.82, 2.24) is 4.57 Å². The summed E-state index contributed by atoms with van der Waals surface area (Å²) in [6, 6.07) is 118. The SMILES string of the molecule is c1ccc(-c2ccc3c(c2)c2ccccc2n3-c2cccc(-c3ccc4oc5ccc(-c6cccc(-c7cccc(-c8cccc(-c9cccc([Si](c%10ccccc%10)(c%10ccccc%10)c%10ccccc%10)c9)c8)c7)c6)cc5c4c3)c2)cc1. The van der Waals surface area contributed by atoms with Crippen molar-refractivity contribution in [2.24, 2.45) is 0 Å². The topological polar surface area (TPSA) is 18.1 Å². The lowest BCUT2D eigenvalue weighted by Gasteiger charge is -2.34. The second-order valence-corrected chi connectivity index (χ2v) is 25.0. The summed E-state index contributed by atoms with van der Waals surface area (Å²) in [5, 5.41) is 10.1. The molecule has 0 saturated carbocycles. The van der Waals surface area contributed by atoms with E-state index in [2.05, 4.69) is 326 Å². The molecule has 13 aromatic carbocycles. The Morgan fingerprint density at radius 1 is 0.210 bits per heavy atom. The minimum Gasteiger partial charge on any atom is -0.456 e. The number of fused-ring (bicyclic) bond motifs is 6. The van der Waals surface area contributed by atoms with Gasteiger partial charge in [0.05, 0.1) is 11.0 Å². The van der Waals surface area contributed by atoms with Gasteiger partial charge in [0, 0.05) is 27.2 Å². The van der Waals surface area contributed by atoms with Crippen molar-refractivity contribution in [3.05, 3.63) is 322 Å². The molecule has 15 rings (SSSR count). The van der Waals surface area contributed by atoms with Crippen molar-refractivity contribution >= 4 is 72.6 Å². The van der Waals surface area contributed by atoms with E-state index in [1.165, 1.54) is 87.1 Å². The van der Waals surface area contributed by atoms with E-state index in [9.17, 15) is 0 Å². The van der Waals surface area contributed by atoms with Crippen molar-refractivity contribution in [2.45, 2.75) is 0 Å². The Morgan fingerprint density at radius 3 is 1.07 bits per heavy atom. The summed E-state index contributed by atoms with van der Waals surface area (Å²) in [6.45, 7) is 0. The van der Waals surface area contributed by atoms with Crippen LogP contribution in [0.1, 0.15) is 0 Å². The monoisotopic (exact) mass is 1050 g/mol. The van der Waals surface area contributed by atoms with Crippen LogP contribution in [0, 0.1) is 0 Å². The fourth-order valence-corrected chi connectivity index (χ4v) is 17.4. The molecule has 0 saturated heterocycles. The highest BCUT2D eigenvalue weighted by Gasteiger charge is 2.41. The Labute approximate surface area is 472 Å². The standard InChI is InChI=1S/C78H53NOSi/c1-5-20-54(21-6-1)63-40-43-76-72(51-63)71-38-13-14-39-75(71)79(76)66-30-18-28-61(49-66)65-42-45-78-74(53-65)73-52-64(41-44-77(73)80-78)60-27-17-25-58(48-60)56-23-15-22-55(46-56)57-24-16-26-59(47-57)62-29-19-37-70(50-62)81(67-31-7-2-8-32-67,68-33-9-3-10-34-68)69-35-11-4-12-36-69/h1-53H. The van der Waals surface area contributed by atoms with E-state index in [-0.39, 0.29) is 0 Å². The maximum absolute atomic E-state index is 6.51. The van der Waals surface area contributed by atoms with Crippen LogP contribution in [0.4, 0.5) is 0 Å². The Hall–Kier alpha value is -10.3. The van der Waals surface area contributed by atoms with Gasteiger partial charge in [0.15, 0.2) is 8.07 Å². The first-order valence-electron chi connectivity index (χ1n) is 27.9. The molecule has 81 heavy (non-hydrogen) atoms. The predicted octanol–water partition coefficient (Wildman–Crippen LogP) is 18.1. The van der Waals surface area contributed by atoms with Crippen LogP contribution in [0.25, 0.3) is 116 Å². The molecule has 2 nitrogen and oxygen atoms in total. The molecule has 0 bridgehead atoms. The molecule has 0 radical (unpaired) electrons. The highest BCUT2D eigenvalue weighted by Crippen LogP contribution is 2.39. The number of hydrogen-bond acceptors (Lipinski definition) is 1. The highest BCUT2D eigenvalue weighted by molar-refractivity contribution is 7.19. The fourth-order valence-electron chi connectivity index (χ4n) is 12.7. The number of rotatable bonds is 11. The van der Waals surface area contributed by atoms with Gasteiger partial charge in [0.1, 0.15) is 11.2 Å². The smallest absolute Gasteiger partial charge is 0.179 e. The van der Waals surface area contributed by atoms with Crippen molar-refractivity contribution in [3.63, 3.8) is 0 Å². The zero-order valence-electron chi connectivity index (χ0n) is 44.5. The Kier molecular flexibility index (Phi) is 11.9. The van der Waals surface area contributed by atoms with E-state index >= 15 is 0 Å². The number of hydrogen-bond donors (Lipinski definition) is 0. The minimum atomic E-state index is -2.69. The molecule has 0 atom stereocenters. The van der Waals surface area contributed by atoms with Crippen LogP contribution < -0.4 is 20.7 Å². The van der Waals surface area contributed by atoms with Gasteiger partial charge < -0.3 is 8.98 Å². The molecule has 2 heterocycles. The third kappa shape index (κ3) is 8.51. The summed E-state index contributed by atoms with van der Waals surface area (Å²) in [5.41, 5.74) is 19.4. The first-order chi connectivity index (χ1) is 40.1. The lowest BCUT2D eigenvalue weighted by atomic mass is 9.94. The van der Waals surface area contributed by atoms with Gasteiger partial charge in [-0.2, -0.15) is 0 Å². The molecular formula is C78H53NOSi. The van der Waals surface area contributed by atoms with Gasteiger partial charge in [-0.05, 0) is 160 Å². The molecule has 0 aliphatic rings. The third-order valence-corrected chi connectivity index (χ3v) is 21.3. The molecule has 0 spiro atoms. The van der Waals surface area contributed by atoms with Crippen LogP contribution >= 0.6 is 0 Å². The zero-order valence-corrected chi connectivity index (χ0v) is 45.5. The van der Waals surface area contributed by atoms with Crippen LogP contribution in [-0.2, 0) is 0 Å². The number of nitrogens with zero attached hydrogens (tertiary/aromatic N) is 1. The molecule has 15 aromatic rings. The molecule has 0 unspecified atom stereocenters. The van der Waals surface area contributed by atoms with E-state index < -0.39 is 8.07 Å². The lowest BCUT2D eigenvalue weighted by molar-refractivity contribution is 0.669. The van der Waals surface area contributed by atoms with Crippen molar-refractivity contribution in [1.29, 1.82) is 0 Å². The number of aromatic nitrogens is 1. The normalized spacial score (nSPS) is 11.7. The van der Waals surface area contributed by atoms with E-state index in [4.69, 9.17) is 4.42 Å². The highest BCUT2D eigenvalue weighted by atomic mass is 28.3. The van der Waals surface area contributed by atoms with Crippen LogP contribution in [0.5, 0.6) is 0 Å². The maximum Gasteiger partial charge on any atom is 0.179 e. The van der Waals surface area contributed by atoms with Gasteiger partial charge in [0.25, 0.3) is 0 Å². The Bertz CT molecular complexity index is 4710. The van der Waals surface area contributed by atoms with E-state index in [0.29, 0.717) is 0 Å². The second kappa shape index (κ2) is 20.2. The first-order valence-corrected chi connectivity index (χ1v) is 29.9. The zero-order chi connectivity index (χ0) is 53.7. The summed E-state index contributed by atoms with van der Waals surface area (Å²) in [4.78, 5) is 0. The van der Waals surface area contributed by atoms with E-state index in [0.717, 1.165) is 49.9 Å². The van der Waals surface area contributed by atoms with Gasteiger partial charge >= 0.3 is 0 Å². The van der Waals surface area contributed by atoms with Gasteiger partial charge in [-0.3, -0.25) is 0 Å². The molecule has 380 valence electrons. The quantitative estimate of drug-likeness (QED) is 0.0933. The number of furan rings is 1. The fraction of sp³-hybridized carbons (Fsp3) is 0. The minimum absolute atomic E-state index is 0.877. The molecule has 0 aliphatic heterocycles. The Morgan fingerprint density at radius 2 is 0.556 bits per heavy atom. The number of benzene rings is 13. The predicted molar refractivity (Wildman–Crippen MR) is 344 cm³/mol. The summed E-state index contributed by atoms with van der Waals surface area (Å²) >= 11 is 0. The van der Waals surface area contributed by atoms with Gasteiger partial charge in [0.2, 0.25) is 0 Å².